The molecule has 0 heterocycles. The molecule has 1 unspecified atom stereocenters. The van der Waals surface area contributed by atoms with E-state index in [-0.39, 0.29) is 6.04 Å². The highest BCUT2D eigenvalue weighted by molar-refractivity contribution is 4.77. The Kier molecular flexibility index (Phi) is 2.44. The highest BCUT2D eigenvalue weighted by Gasteiger charge is 2.19. The van der Waals surface area contributed by atoms with Gasteiger partial charge in [0.15, 0.2) is 0 Å². The van der Waals surface area contributed by atoms with Crippen LogP contribution in [-0.4, -0.2) is 23.8 Å². The minimum absolute atomic E-state index is 0.155. The van der Waals surface area contributed by atoms with Crippen molar-refractivity contribution in [1.29, 1.82) is 0 Å². The standard InChI is InChI=1S/C6H15NO/c1-5(7-4)6(2,3)8/h5,7-8H,1-4H3. The second-order valence-corrected chi connectivity index (χ2v) is 2.66. The third kappa shape index (κ3) is 2.28. The highest BCUT2D eigenvalue weighted by atomic mass is 16.3. The maximum Gasteiger partial charge on any atom is 0.0741 e. The number of hydrogen-bond donors (Lipinski definition) is 2. The number of likely N-dealkylation sites (N-methyl/N-ethyl adjacent to an activating group) is 1. The minimum atomic E-state index is -0.602. The smallest absolute Gasteiger partial charge is 0.0741 e. The van der Waals surface area contributed by atoms with Crippen LogP contribution in [-0.2, 0) is 0 Å². The monoisotopic (exact) mass is 117 g/mol. The molecule has 0 aromatic carbocycles. The van der Waals surface area contributed by atoms with Gasteiger partial charge in [-0.1, -0.05) is 0 Å². The number of rotatable bonds is 2. The normalized spacial score (nSPS) is 16.1. The van der Waals surface area contributed by atoms with Crippen LogP contribution in [0, 0.1) is 0 Å². The fourth-order valence-corrected chi connectivity index (χ4v) is 0.353. The van der Waals surface area contributed by atoms with Gasteiger partial charge in [-0.25, -0.2) is 0 Å². The Hall–Kier alpha value is -0.0800. The predicted molar refractivity (Wildman–Crippen MR) is 34.8 cm³/mol. The molecule has 0 spiro atoms. The molecule has 0 fully saturated rings. The van der Waals surface area contributed by atoms with Crippen molar-refractivity contribution < 1.29 is 5.11 Å². The summed E-state index contributed by atoms with van der Waals surface area (Å²) in [5.74, 6) is 0. The summed E-state index contributed by atoms with van der Waals surface area (Å²) >= 11 is 0. The van der Waals surface area contributed by atoms with Gasteiger partial charge in [0.25, 0.3) is 0 Å². The lowest BCUT2D eigenvalue weighted by molar-refractivity contribution is 0.0472. The molecule has 0 aromatic rings. The number of nitrogens with one attached hydrogen (secondary N) is 1. The van der Waals surface area contributed by atoms with E-state index in [0.29, 0.717) is 0 Å². The van der Waals surface area contributed by atoms with Gasteiger partial charge in [0, 0.05) is 6.04 Å². The van der Waals surface area contributed by atoms with Crippen LogP contribution in [0.1, 0.15) is 20.8 Å². The maximum absolute atomic E-state index is 9.22. The van der Waals surface area contributed by atoms with E-state index >= 15 is 0 Å². The molecule has 0 bridgehead atoms. The van der Waals surface area contributed by atoms with Crippen LogP contribution in [0.25, 0.3) is 0 Å². The van der Waals surface area contributed by atoms with E-state index in [1.54, 1.807) is 13.8 Å². The lowest BCUT2D eigenvalue weighted by Gasteiger charge is -2.24. The number of aliphatic hydroxyl groups is 1. The molecule has 0 amide bonds. The van der Waals surface area contributed by atoms with E-state index < -0.39 is 5.60 Å². The van der Waals surface area contributed by atoms with Gasteiger partial charge < -0.3 is 10.4 Å². The van der Waals surface area contributed by atoms with Gasteiger partial charge in [-0.2, -0.15) is 0 Å². The molecule has 0 aromatic heterocycles. The lowest BCUT2D eigenvalue weighted by Crippen LogP contribution is -2.42. The molecule has 1 atom stereocenters. The van der Waals surface area contributed by atoms with Gasteiger partial charge in [0.05, 0.1) is 5.60 Å². The van der Waals surface area contributed by atoms with Gasteiger partial charge in [0.2, 0.25) is 0 Å². The molecule has 50 valence electrons. The van der Waals surface area contributed by atoms with Crippen molar-refractivity contribution in [2.24, 2.45) is 0 Å². The zero-order chi connectivity index (χ0) is 6.78. The van der Waals surface area contributed by atoms with E-state index in [0.717, 1.165) is 0 Å². The van der Waals surface area contributed by atoms with Crippen LogP contribution in [0.4, 0.5) is 0 Å². The quantitative estimate of drug-likeness (QED) is 0.547. The topological polar surface area (TPSA) is 32.3 Å². The van der Waals surface area contributed by atoms with Crippen molar-refractivity contribution >= 4 is 0 Å². The van der Waals surface area contributed by atoms with Crippen LogP contribution in [0.3, 0.4) is 0 Å². The molecule has 0 aliphatic carbocycles. The second-order valence-electron chi connectivity index (χ2n) is 2.66. The van der Waals surface area contributed by atoms with E-state index in [4.69, 9.17) is 0 Å². The molecule has 2 N–H and O–H groups in total. The Labute approximate surface area is 50.9 Å². The lowest BCUT2D eigenvalue weighted by atomic mass is 10.0. The summed E-state index contributed by atoms with van der Waals surface area (Å²) in [5, 5.41) is 12.2. The highest BCUT2D eigenvalue weighted by Crippen LogP contribution is 2.05. The first-order valence-electron chi connectivity index (χ1n) is 2.88. The fourth-order valence-electron chi connectivity index (χ4n) is 0.353. The SMILES string of the molecule is CNC(C)C(C)(C)O. The Morgan fingerprint density at radius 2 is 1.88 bits per heavy atom. The zero-order valence-corrected chi connectivity index (χ0v) is 6.02. The third-order valence-electron chi connectivity index (χ3n) is 1.49. The minimum Gasteiger partial charge on any atom is -0.389 e. The van der Waals surface area contributed by atoms with Crippen molar-refractivity contribution in [3.8, 4) is 0 Å². The summed E-state index contributed by atoms with van der Waals surface area (Å²) in [4.78, 5) is 0. The summed E-state index contributed by atoms with van der Waals surface area (Å²) < 4.78 is 0. The Balaban J connectivity index is 3.62. The van der Waals surface area contributed by atoms with Gasteiger partial charge in [-0.3, -0.25) is 0 Å². The molecule has 0 radical (unpaired) electrons. The van der Waals surface area contributed by atoms with Crippen molar-refractivity contribution in [2.45, 2.75) is 32.4 Å². The van der Waals surface area contributed by atoms with Gasteiger partial charge in [-0.05, 0) is 27.8 Å². The van der Waals surface area contributed by atoms with Gasteiger partial charge in [-0.15, -0.1) is 0 Å². The Bertz CT molecular complexity index is 65.4. The molecule has 2 heteroatoms. The van der Waals surface area contributed by atoms with Crippen molar-refractivity contribution in [3.05, 3.63) is 0 Å². The van der Waals surface area contributed by atoms with E-state index in [1.807, 2.05) is 14.0 Å². The van der Waals surface area contributed by atoms with Crippen molar-refractivity contribution in [1.82, 2.24) is 5.32 Å². The van der Waals surface area contributed by atoms with Crippen molar-refractivity contribution in [3.63, 3.8) is 0 Å². The third-order valence-corrected chi connectivity index (χ3v) is 1.49. The van der Waals surface area contributed by atoms with E-state index in [9.17, 15) is 5.11 Å². The van der Waals surface area contributed by atoms with Gasteiger partial charge in [0.1, 0.15) is 0 Å². The average Bonchev–Trinajstić information content (AvgIpc) is 1.62. The average molecular weight is 117 g/mol. The van der Waals surface area contributed by atoms with Crippen LogP contribution in [0.5, 0.6) is 0 Å². The molecule has 0 saturated carbocycles. The van der Waals surface area contributed by atoms with Gasteiger partial charge >= 0.3 is 0 Å². The molecule has 8 heavy (non-hydrogen) atoms. The molecule has 0 rings (SSSR count). The second kappa shape index (κ2) is 2.46. The summed E-state index contributed by atoms with van der Waals surface area (Å²) in [6.07, 6.45) is 0. The molecule has 0 aliphatic heterocycles. The molecule has 0 saturated heterocycles. The first-order valence-corrected chi connectivity index (χ1v) is 2.88. The molecular formula is C6H15NO. The van der Waals surface area contributed by atoms with Crippen LogP contribution < -0.4 is 5.32 Å². The molecule has 2 nitrogen and oxygen atoms in total. The first kappa shape index (κ1) is 7.92. The summed E-state index contributed by atoms with van der Waals surface area (Å²) in [6, 6.07) is 0.155. The van der Waals surface area contributed by atoms with E-state index in [2.05, 4.69) is 5.32 Å². The number of hydrogen-bond acceptors (Lipinski definition) is 2. The van der Waals surface area contributed by atoms with Crippen LogP contribution in [0.15, 0.2) is 0 Å². The van der Waals surface area contributed by atoms with Crippen LogP contribution >= 0.6 is 0 Å². The first-order chi connectivity index (χ1) is 3.48. The predicted octanol–water partition coefficient (Wildman–Crippen LogP) is 0.365. The van der Waals surface area contributed by atoms with Crippen molar-refractivity contribution in [2.75, 3.05) is 7.05 Å². The molecule has 0 aliphatic rings. The summed E-state index contributed by atoms with van der Waals surface area (Å²) in [7, 11) is 1.84. The Morgan fingerprint density at radius 1 is 1.50 bits per heavy atom. The van der Waals surface area contributed by atoms with E-state index in [1.165, 1.54) is 0 Å². The molecular weight excluding hydrogens is 102 g/mol. The summed E-state index contributed by atoms with van der Waals surface area (Å²) in [6.45, 7) is 5.52. The summed E-state index contributed by atoms with van der Waals surface area (Å²) in [5.41, 5.74) is -0.602. The zero-order valence-electron chi connectivity index (χ0n) is 6.02. The fraction of sp³-hybridized carbons (Fsp3) is 1.00. The maximum atomic E-state index is 9.22. The van der Waals surface area contributed by atoms with Crippen LogP contribution in [0.2, 0.25) is 0 Å². The Morgan fingerprint density at radius 3 is 1.88 bits per heavy atom. The largest absolute Gasteiger partial charge is 0.389 e.